The third kappa shape index (κ3) is 2.96. The van der Waals surface area contributed by atoms with Crippen molar-refractivity contribution in [3.8, 4) is 0 Å². The average Bonchev–Trinajstić information content (AvgIpc) is 2.78. The van der Waals surface area contributed by atoms with E-state index < -0.39 is 0 Å². The lowest BCUT2D eigenvalue weighted by Crippen LogP contribution is -2.44. The Morgan fingerprint density at radius 2 is 2.12 bits per heavy atom. The molecule has 0 unspecified atom stereocenters. The van der Waals surface area contributed by atoms with Gasteiger partial charge in [-0.2, -0.15) is 0 Å². The smallest absolute Gasteiger partial charge is 0.0542 e. The van der Waals surface area contributed by atoms with Crippen molar-refractivity contribution in [3.63, 3.8) is 0 Å². The molecule has 1 N–H and O–H groups in total. The average molecular weight is 304 g/mol. The van der Waals surface area contributed by atoms with E-state index in [1.807, 2.05) is 18.3 Å². The molecule has 1 heterocycles. The molecule has 0 amide bonds. The van der Waals surface area contributed by atoms with Gasteiger partial charge in [-0.15, -0.1) is 11.6 Å². The molecule has 0 radical (unpaired) electrons. The lowest BCUT2D eigenvalue weighted by atomic mass is 10.0. The van der Waals surface area contributed by atoms with Gasteiger partial charge in [0.05, 0.1) is 5.69 Å². The molecule has 0 atom stereocenters. The van der Waals surface area contributed by atoms with E-state index >= 15 is 0 Å². The number of rotatable bonds is 4. The van der Waals surface area contributed by atoms with Crippen LogP contribution in [0.25, 0.3) is 0 Å². The van der Waals surface area contributed by atoms with Crippen LogP contribution in [0.5, 0.6) is 0 Å². The standard InChI is InChI=1S/C12H16BrClN2/c13-10-3-4-11(15-7-10)8-16-12(9-14)5-1-2-6-12/h3-4,7,16H,1-2,5-6,8-9H2. The Morgan fingerprint density at radius 1 is 1.38 bits per heavy atom. The van der Waals surface area contributed by atoms with Gasteiger partial charge in [-0.05, 0) is 40.9 Å². The van der Waals surface area contributed by atoms with Gasteiger partial charge >= 0.3 is 0 Å². The molecular formula is C12H16BrClN2. The summed E-state index contributed by atoms with van der Waals surface area (Å²) in [7, 11) is 0. The Morgan fingerprint density at radius 3 is 2.69 bits per heavy atom. The van der Waals surface area contributed by atoms with E-state index in [2.05, 4.69) is 26.2 Å². The first-order chi connectivity index (χ1) is 7.74. The van der Waals surface area contributed by atoms with Gasteiger partial charge in [0.25, 0.3) is 0 Å². The fourth-order valence-corrected chi connectivity index (χ4v) is 2.79. The highest BCUT2D eigenvalue weighted by Gasteiger charge is 2.32. The van der Waals surface area contributed by atoms with Crippen molar-refractivity contribution in [1.82, 2.24) is 10.3 Å². The molecule has 0 aromatic carbocycles. The molecule has 0 bridgehead atoms. The van der Waals surface area contributed by atoms with Crippen molar-refractivity contribution < 1.29 is 0 Å². The third-order valence-electron chi connectivity index (χ3n) is 3.25. The van der Waals surface area contributed by atoms with E-state index in [0.717, 1.165) is 16.7 Å². The van der Waals surface area contributed by atoms with E-state index in [1.54, 1.807) is 0 Å². The normalized spacial score (nSPS) is 18.9. The number of hydrogen-bond acceptors (Lipinski definition) is 2. The maximum absolute atomic E-state index is 6.07. The summed E-state index contributed by atoms with van der Waals surface area (Å²) in [6.07, 6.45) is 6.78. The third-order valence-corrected chi connectivity index (χ3v) is 4.23. The molecule has 16 heavy (non-hydrogen) atoms. The number of hydrogen-bond donors (Lipinski definition) is 1. The Labute approximate surface area is 110 Å². The van der Waals surface area contributed by atoms with Gasteiger partial charge in [0.15, 0.2) is 0 Å². The molecule has 0 aliphatic heterocycles. The van der Waals surface area contributed by atoms with Crippen LogP contribution in [0.3, 0.4) is 0 Å². The fraction of sp³-hybridized carbons (Fsp3) is 0.583. The number of alkyl halides is 1. The number of halogens is 2. The molecule has 1 saturated carbocycles. The fourth-order valence-electron chi connectivity index (χ4n) is 2.20. The molecule has 4 heteroatoms. The molecule has 1 aromatic rings. The molecule has 0 spiro atoms. The topological polar surface area (TPSA) is 24.9 Å². The van der Waals surface area contributed by atoms with Crippen molar-refractivity contribution in [2.75, 3.05) is 5.88 Å². The van der Waals surface area contributed by atoms with E-state index in [4.69, 9.17) is 11.6 Å². The molecule has 1 aliphatic rings. The Balaban J connectivity index is 1.93. The number of pyridine rings is 1. The first kappa shape index (κ1) is 12.3. The molecule has 1 fully saturated rings. The first-order valence-electron chi connectivity index (χ1n) is 5.66. The molecule has 2 nitrogen and oxygen atoms in total. The molecule has 1 aromatic heterocycles. The second-order valence-electron chi connectivity index (χ2n) is 4.44. The highest BCUT2D eigenvalue weighted by atomic mass is 79.9. The van der Waals surface area contributed by atoms with E-state index in [0.29, 0.717) is 5.88 Å². The van der Waals surface area contributed by atoms with Crippen LogP contribution >= 0.6 is 27.5 Å². The summed E-state index contributed by atoms with van der Waals surface area (Å²) in [5.41, 5.74) is 1.22. The molecule has 2 rings (SSSR count). The number of nitrogens with zero attached hydrogens (tertiary/aromatic N) is 1. The zero-order valence-corrected chi connectivity index (χ0v) is 11.5. The van der Waals surface area contributed by atoms with Gasteiger partial charge < -0.3 is 5.32 Å². The molecular weight excluding hydrogens is 288 g/mol. The summed E-state index contributed by atoms with van der Waals surface area (Å²) >= 11 is 9.45. The van der Waals surface area contributed by atoms with E-state index in [9.17, 15) is 0 Å². The van der Waals surface area contributed by atoms with Crippen LogP contribution < -0.4 is 5.32 Å². The summed E-state index contributed by atoms with van der Waals surface area (Å²) in [4.78, 5) is 4.35. The number of nitrogens with one attached hydrogen (secondary N) is 1. The highest BCUT2D eigenvalue weighted by Crippen LogP contribution is 2.30. The van der Waals surface area contributed by atoms with Crippen LogP contribution in [0.4, 0.5) is 0 Å². The van der Waals surface area contributed by atoms with Gasteiger partial charge in [0.2, 0.25) is 0 Å². The Kier molecular flexibility index (Phi) is 4.22. The predicted octanol–water partition coefficient (Wildman–Crippen LogP) is 3.49. The lowest BCUT2D eigenvalue weighted by molar-refractivity contribution is 0.366. The summed E-state index contributed by atoms with van der Waals surface area (Å²) in [6, 6.07) is 4.06. The molecule has 1 aliphatic carbocycles. The minimum Gasteiger partial charge on any atom is -0.304 e. The maximum atomic E-state index is 6.07. The second-order valence-corrected chi connectivity index (χ2v) is 5.63. The summed E-state index contributed by atoms with van der Waals surface area (Å²) in [5.74, 6) is 0.698. The Hall–Kier alpha value is -0.120. The van der Waals surface area contributed by atoms with Gasteiger partial charge in [-0.25, -0.2) is 0 Å². The SMILES string of the molecule is ClCC1(NCc2ccc(Br)cn2)CCCC1. The summed E-state index contributed by atoms with van der Waals surface area (Å²) < 4.78 is 1.02. The van der Waals surface area contributed by atoms with Crippen LogP contribution in [0.2, 0.25) is 0 Å². The van der Waals surface area contributed by atoms with E-state index in [1.165, 1.54) is 25.7 Å². The van der Waals surface area contributed by atoms with Gasteiger partial charge in [0.1, 0.15) is 0 Å². The summed E-state index contributed by atoms with van der Waals surface area (Å²) in [5, 5.41) is 3.57. The monoisotopic (exact) mass is 302 g/mol. The lowest BCUT2D eigenvalue weighted by Gasteiger charge is -2.27. The largest absolute Gasteiger partial charge is 0.304 e. The van der Waals surface area contributed by atoms with E-state index in [-0.39, 0.29) is 5.54 Å². The zero-order chi connectivity index (χ0) is 11.4. The van der Waals surface area contributed by atoms with Crippen LogP contribution in [-0.2, 0) is 6.54 Å². The summed E-state index contributed by atoms with van der Waals surface area (Å²) in [6.45, 7) is 0.806. The van der Waals surface area contributed by atoms with Gasteiger partial charge in [-0.1, -0.05) is 12.8 Å². The van der Waals surface area contributed by atoms with Gasteiger partial charge in [0, 0.05) is 28.6 Å². The van der Waals surface area contributed by atoms with Crippen LogP contribution in [0, 0.1) is 0 Å². The number of aromatic nitrogens is 1. The minimum absolute atomic E-state index is 0.149. The van der Waals surface area contributed by atoms with Crippen LogP contribution in [-0.4, -0.2) is 16.4 Å². The van der Waals surface area contributed by atoms with Crippen molar-refractivity contribution in [1.29, 1.82) is 0 Å². The molecule has 0 saturated heterocycles. The van der Waals surface area contributed by atoms with Crippen LogP contribution in [0.15, 0.2) is 22.8 Å². The van der Waals surface area contributed by atoms with Crippen molar-refractivity contribution >= 4 is 27.5 Å². The van der Waals surface area contributed by atoms with Crippen molar-refractivity contribution in [2.45, 2.75) is 37.8 Å². The van der Waals surface area contributed by atoms with Crippen molar-refractivity contribution in [2.24, 2.45) is 0 Å². The second kappa shape index (κ2) is 5.48. The van der Waals surface area contributed by atoms with Gasteiger partial charge in [-0.3, -0.25) is 4.98 Å². The minimum atomic E-state index is 0.149. The van der Waals surface area contributed by atoms with Crippen LogP contribution in [0.1, 0.15) is 31.4 Å². The molecule has 88 valence electrons. The van der Waals surface area contributed by atoms with Crippen molar-refractivity contribution in [3.05, 3.63) is 28.5 Å². The highest BCUT2D eigenvalue weighted by molar-refractivity contribution is 9.10. The predicted molar refractivity (Wildman–Crippen MR) is 70.7 cm³/mol. The first-order valence-corrected chi connectivity index (χ1v) is 6.98. The quantitative estimate of drug-likeness (QED) is 0.861. The zero-order valence-electron chi connectivity index (χ0n) is 9.18. The Bertz CT molecular complexity index is 333. The maximum Gasteiger partial charge on any atom is 0.0542 e.